The van der Waals surface area contributed by atoms with Gasteiger partial charge in [0.05, 0.1) is 22.3 Å². The Morgan fingerprint density at radius 3 is 2.56 bits per heavy atom. The number of benzene rings is 2. The first-order valence-corrected chi connectivity index (χ1v) is 10.3. The topological polar surface area (TPSA) is 87.2 Å². The number of likely N-dealkylation sites (tertiary alicyclic amines) is 1. The van der Waals surface area contributed by atoms with Gasteiger partial charge in [-0.3, -0.25) is 9.51 Å². The molecule has 0 amide bonds. The van der Waals surface area contributed by atoms with Crippen LogP contribution in [0.2, 0.25) is 0 Å². The van der Waals surface area contributed by atoms with Crippen LogP contribution in [0.4, 0.5) is 11.4 Å². The molecule has 2 aliphatic rings. The molecule has 2 atom stereocenters. The molecule has 2 aliphatic heterocycles. The van der Waals surface area contributed by atoms with Crippen LogP contribution >= 0.6 is 0 Å². The molecule has 0 unspecified atom stereocenters. The molecule has 27 heavy (non-hydrogen) atoms. The van der Waals surface area contributed by atoms with Gasteiger partial charge >= 0.3 is 0 Å². The predicted molar refractivity (Wildman–Crippen MR) is 104 cm³/mol. The molecule has 1 fully saturated rings. The van der Waals surface area contributed by atoms with E-state index >= 15 is 0 Å². The van der Waals surface area contributed by atoms with Gasteiger partial charge in [0.15, 0.2) is 0 Å². The molecule has 8 heteroatoms. The van der Waals surface area contributed by atoms with E-state index in [1.54, 1.807) is 4.31 Å². The van der Waals surface area contributed by atoms with Gasteiger partial charge in [-0.2, -0.15) is 0 Å². The van der Waals surface area contributed by atoms with Crippen molar-refractivity contribution in [2.75, 3.05) is 29.7 Å². The van der Waals surface area contributed by atoms with Gasteiger partial charge in [-0.1, -0.05) is 17.7 Å². The van der Waals surface area contributed by atoms with Crippen molar-refractivity contribution in [1.82, 2.24) is 4.90 Å². The summed E-state index contributed by atoms with van der Waals surface area (Å²) in [4.78, 5) is 2.35. The molecule has 2 heterocycles. The van der Waals surface area contributed by atoms with Crippen molar-refractivity contribution in [3.05, 3.63) is 58.8 Å². The molecule has 0 bridgehead atoms. The number of aryl methyl sites for hydroxylation is 1. The normalized spacial score (nSPS) is 22.4. The van der Waals surface area contributed by atoms with E-state index in [9.17, 15) is 13.6 Å². The highest BCUT2D eigenvalue weighted by Gasteiger charge is 2.46. The molecule has 7 nitrogen and oxygen atoms in total. The summed E-state index contributed by atoms with van der Waals surface area (Å²) in [6.45, 7) is 3.68. The molecule has 144 valence electrons. The number of rotatable bonds is 3. The van der Waals surface area contributed by atoms with Crippen LogP contribution in [-0.4, -0.2) is 44.7 Å². The Labute approximate surface area is 159 Å². The molecule has 0 saturated carbocycles. The molecular weight excluding hydrogens is 366 g/mol. The zero-order valence-electron chi connectivity index (χ0n) is 15.2. The van der Waals surface area contributed by atoms with E-state index in [2.05, 4.69) is 18.0 Å². The number of fused-ring (bicyclic) bond motifs is 3. The minimum absolute atomic E-state index is 0.0106. The largest absolute Gasteiger partial charge is 0.733 e. The third kappa shape index (κ3) is 2.98. The summed E-state index contributed by atoms with van der Waals surface area (Å²) in [7, 11) is -1.72. The second-order valence-electron chi connectivity index (χ2n) is 7.35. The lowest BCUT2D eigenvalue weighted by molar-refractivity contribution is 0.237. The van der Waals surface area contributed by atoms with Crippen LogP contribution in [0.3, 0.4) is 0 Å². The third-order valence-electron chi connectivity index (χ3n) is 5.51. The number of hydrogen-bond donors (Lipinski definition) is 1. The van der Waals surface area contributed by atoms with E-state index in [0.29, 0.717) is 0 Å². The lowest BCUT2D eigenvalue weighted by Gasteiger charge is -2.36. The third-order valence-corrected chi connectivity index (χ3v) is 7.37. The molecular formula is C19H22N3O4S-. The maximum atomic E-state index is 13.5. The Morgan fingerprint density at radius 2 is 1.89 bits per heavy atom. The van der Waals surface area contributed by atoms with Crippen molar-refractivity contribution in [3.63, 3.8) is 0 Å². The fourth-order valence-electron chi connectivity index (χ4n) is 4.21. The van der Waals surface area contributed by atoms with E-state index in [-0.39, 0.29) is 27.8 Å². The van der Waals surface area contributed by atoms with E-state index in [1.165, 1.54) is 24.3 Å². The Hall–Kier alpha value is -2.13. The Morgan fingerprint density at radius 1 is 1.19 bits per heavy atom. The minimum atomic E-state index is -3.78. The summed E-state index contributed by atoms with van der Waals surface area (Å²) in [6.07, 6.45) is 0.761. The number of likely N-dealkylation sites (N-methyl/N-ethyl adjacent to an activating group) is 1. The molecule has 4 rings (SSSR count). The number of sulfonamides is 1. The Kier molecular flexibility index (Phi) is 4.38. The molecule has 0 aromatic heterocycles. The summed E-state index contributed by atoms with van der Waals surface area (Å²) >= 11 is 0. The van der Waals surface area contributed by atoms with Gasteiger partial charge < -0.3 is 15.3 Å². The van der Waals surface area contributed by atoms with Gasteiger partial charge in [0.1, 0.15) is 0 Å². The van der Waals surface area contributed by atoms with E-state index in [0.717, 1.165) is 36.3 Å². The van der Waals surface area contributed by atoms with E-state index in [4.69, 9.17) is 5.21 Å². The molecule has 2 aromatic rings. The average Bonchev–Trinajstić information content (AvgIpc) is 2.95. The van der Waals surface area contributed by atoms with Gasteiger partial charge in [0, 0.05) is 12.5 Å². The van der Waals surface area contributed by atoms with Crippen LogP contribution in [0.1, 0.15) is 23.5 Å². The van der Waals surface area contributed by atoms with Crippen LogP contribution in [0.5, 0.6) is 0 Å². The van der Waals surface area contributed by atoms with Crippen molar-refractivity contribution in [1.29, 1.82) is 0 Å². The smallest absolute Gasteiger partial charge is 0.264 e. The minimum Gasteiger partial charge on any atom is -0.733 e. The highest BCUT2D eigenvalue weighted by Crippen LogP contribution is 2.47. The number of anilines is 2. The summed E-state index contributed by atoms with van der Waals surface area (Å²) in [5.41, 5.74) is 2.92. The van der Waals surface area contributed by atoms with Crippen molar-refractivity contribution >= 4 is 21.4 Å². The van der Waals surface area contributed by atoms with Crippen LogP contribution in [0, 0.1) is 12.1 Å². The molecule has 0 radical (unpaired) electrons. The summed E-state index contributed by atoms with van der Waals surface area (Å²) in [6, 6.07) is 11.1. The summed E-state index contributed by atoms with van der Waals surface area (Å²) in [5.74, 6) is 0.141. The highest BCUT2D eigenvalue weighted by atomic mass is 32.2. The highest BCUT2D eigenvalue weighted by molar-refractivity contribution is 7.92. The molecule has 2 aromatic carbocycles. The van der Waals surface area contributed by atoms with Crippen molar-refractivity contribution in [2.45, 2.75) is 30.2 Å². The van der Waals surface area contributed by atoms with Crippen LogP contribution in [-0.2, 0) is 10.0 Å². The van der Waals surface area contributed by atoms with Gasteiger partial charge in [-0.05, 0) is 62.8 Å². The maximum absolute atomic E-state index is 13.5. The van der Waals surface area contributed by atoms with E-state index < -0.39 is 10.0 Å². The lowest BCUT2D eigenvalue weighted by Crippen LogP contribution is -2.47. The van der Waals surface area contributed by atoms with Gasteiger partial charge in [-0.15, -0.1) is 0 Å². The first-order valence-electron chi connectivity index (χ1n) is 8.89. The first-order chi connectivity index (χ1) is 12.8. The molecule has 0 spiro atoms. The van der Waals surface area contributed by atoms with Crippen LogP contribution in [0.25, 0.3) is 0 Å². The molecule has 0 aliphatic carbocycles. The quantitative estimate of drug-likeness (QED) is 0.814. The maximum Gasteiger partial charge on any atom is 0.264 e. The zero-order valence-corrected chi connectivity index (χ0v) is 16.1. The van der Waals surface area contributed by atoms with Crippen LogP contribution in [0.15, 0.2) is 47.4 Å². The first kappa shape index (κ1) is 18.2. The van der Waals surface area contributed by atoms with E-state index in [1.807, 2.05) is 19.1 Å². The number of piperidine rings is 1. The fourth-order valence-corrected chi connectivity index (χ4v) is 5.95. The van der Waals surface area contributed by atoms with Gasteiger partial charge in [-0.25, -0.2) is 8.42 Å². The second-order valence-corrected chi connectivity index (χ2v) is 9.17. The number of nitrogens with zero attached hydrogens (tertiary/aromatic N) is 3. The Balaban J connectivity index is 1.80. The van der Waals surface area contributed by atoms with Crippen molar-refractivity contribution < 1.29 is 13.6 Å². The standard InChI is InChI=1S/C19H22N3O4S/c1-13-3-8-18-16(11-13)17-12-20(2)10-9-19(17)21(18)27(25,26)15-6-4-14(5-7-15)22(23)24/h3-8,11,17,19,23H,9-10,12H2,1-2H3/q-1/t17-,19+/m0/s1. The fraction of sp³-hybridized carbons (Fsp3) is 0.368. The lowest BCUT2D eigenvalue weighted by atomic mass is 9.89. The summed E-state index contributed by atoms with van der Waals surface area (Å²) < 4.78 is 28.5. The number of hydrogen-bond acceptors (Lipinski definition) is 6. The molecule has 1 N–H and O–H groups in total. The van der Waals surface area contributed by atoms with Crippen LogP contribution < -0.4 is 9.53 Å². The van der Waals surface area contributed by atoms with Gasteiger partial charge in [0.2, 0.25) is 0 Å². The average molecular weight is 388 g/mol. The predicted octanol–water partition coefficient (Wildman–Crippen LogP) is 2.69. The Bertz CT molecular complexity index is 959. The zero-order chi connectivity index (χ0) is 19.3. The molecule has 1 saturated heterocycles. The second kappa shape index (κ2) is 6.49. The van der Waals surface area contributed by atoms with Crippen molar-refractivity contribution in [2.24, 2.45) is 0 Å². The van der Waals surface area contributed by atoms with Gasteiger partial charge in [0.25, 0.3) is 10.0 Å². The van der Waals surface area contributed by atoms with Crippen molar-refractivity contribution in [3.8, 4) is 0 Å². The monoisotopic (exact) mass is 388 g/mol. The SMILES string of the molecule is Cc1ccc2c(c1)[C@@H]1CN(C)CC[C@H]1N2S(=O)(=O)c1ccc(N([O-])O)cc1. The summed E-state index contributed by atoms with van der Waals surface area (Å²) in [5, 5.41) is 19.7.